The number of aromatic hydroxyl groups is 1. The fourth-order valence-corrected chi connectivity index (χ4v) is 2.57. The first-order chi connectivity index (χ1) is 8.52. The van der Waals surface area contributed by atoms with Crippen LogP contribution in [0.3, 0.4) is 0 Å². The molecule has 1 atom stereocenters. The Balaban J connectivity index is 2.02. The Kier molecular flexibility index (Phi) is 3.78. The zero-order valence-electron chi connectivity index (χ0n) is 11.1. The van der Waals surface area contributed by atoms with Gasteiger partial charge in [0.25, 0.3) is 0 Å². The van der Waals surface area contributed by atoms with Crippen molar-refractivity contribution in [2.75, 3.05) is 25.9 Å². The third-order valence-electron chi connectivity index (χ3n) is 3.73. The number of phenolic OH excluding ortho intramolecular Hbond substituents is 1. The molecule has 1 aromatic rings. The quantitative estimate of drug-likeness (QED) is 0.636. The topological polar surface area (TPSA) is 58.7 Å². The van der Waals surface area contributed by atoms with Gasteiger partial charge in [-0.15, -0.1) is 0 Å². The molecule has 1 aromatic carbocycles. The van der Waals surface area contributed by atoms with E-state index in [4.69, 9.17) is 10.5 Å². The molecule has 0 amide bonds. The smallest absolute Gasteiger partial charge is 0.138 e. The van der Waals surface area contributed by atoms with Crippen LogP contribution in [0.25, 0.3) is 0 Å². The minimum Gasteiger partial charge on any atom is -0.506 e. The molecule has 1 aliphatic rings. The summed E-state index contributed by atoms with van der Waals surface area (Å²) in [5, 5.41) is 9.41. The van der Waals surface area contributed by atoms with Crippen molar-refractivity contribution in [1.82, 2.24) is 4.90 Å². The van der Waals surface area contributed by atoms with Crippen LogP contribution in [-0.4, -0.2) is 35.8 Å². The minimum atomic E-state index is -0.0410. The largest absolute Gasteiger partial charge is 0.506 e. The van der Waals surface area contributed by atoms with Crippen LogP contribution in [0.5, 0.6) is 5.75 Å². The monoisotopic (exact) mass is 250 g/mol. The summed E-state index contributed by atoms with van der Waals surface area (Å²) >= 11 is 0. The van der Waals surface area contributed by atoms with Gasteiger partial charge < -0.3 is 15.6 Å². The summed E-state index contributed by atoms with van der Waals surface area (Å²) in [7, 11) is 1.78. The second-order valence-electron chi connectivity index (χ2n) is 5.36. The highest BCUT2D eigenvalue weighted by Crippen LogP contribution is 2.26. The van der Waals surface area contributed by atoms with Crippen LogP contribution in [0.15, 0.2) is 18.2 Å². The lowest BCUT2D eigenvalue weighted by Crippen LogP contribution is -2.46. The predicted octanol–water partition coefficient (Wildman–Crippen LogP) is 1.98. The zero-order chi connectivity index (χ0) is 13.2. The number of anilines is 1. The molecular weight excluding hydrogens is 228 g/mol. The van der Waals surface area contributed by atoms with E-state index in [1.165, 1.54) is 0 Å². The van der Waals surface area contributed by atoms with E-state index in [0.717, 1.165) is 38.0 Å². The second kappa shape index (κ2) is 5.16. The van der Waals surface area contributed by atoms with Gasteiger partial charge in [-0.2, -0.15) is 0 Å². The van der Waals surface area contributed by atoms with Crippen LogP contribution < -0.4 is 5.73 Å². The fourth-order valence-electron chi connectivity index (χ4n) is 2.57. The molecule has 18 heavy (non-hydrogen) atoms. The van der Waals surface area contributed by atoms with Crippen molar-refractivity contribution in [2.24, 2.45) is 0 Å². The molecule has 1 unspecified atom stereocenters. The molecule has 0 bridgehead atoms. The SMILES string of the molecule is COC1(C)CCCN(Cc2ccc(O)c(N)c2)C1. The molecule has 0 spiro atoms. The molecule has 4 nitrogen and oxygen atoms in total. The van der Waals surface area contributed by atoms with Gasteiger partial charge in [0.1, 0.15) is 5.75 Å². The highest BCUT2D eigenvalue weighted by atomic mass is 16.5. The van der Waals surface area contributed by atoms with Crippen molar-refractivity contribution in [3.8, 4) is 5.75 Å². The number of methoxy groups -OCH3 is 1. The maximum atomic E-state index is 9.41. The van der Waals surface area contributed by atoms with Crippen LogP contribution >= 0.6 is 0 Å². The van der Waals surface area contributed by atoms with Crippen molar-refractivity contribution in [1.29, 1.82) is 0 Å². The number of nitrogen functional groups attached to an aromatic ring is 1. The van der Waals surface area contributed by atoms with Crippen LogP contribution in [0.2, 0.25) is 0 Å². The van der Waals surface area contributed by atoms with E-state index in [-0.39, 0.29) is 11.4 Å². The normalized spacial score (nSPS) is 25.2. The summed E-state index contributed by atoms with van der Waals surface area (Å²) in [4.78, 5) is 2.37. The molecule has 1 fully saturated rings. The molecule has 3 N–H and O–H groups in total. The van der Waals surface area contributed by atoms with Gasteiger partial charge in [-0.1, -0.05) is 6.07 Å². The van der Waals surface area contributed by atoms with Crippen molar-refractivity contribution in [3.05, 3.63) is 23.8 Å². The lowest BCUT2D eigenvalue weighted by atomic mass is 9.94. The third kappa shape index (κ3) is 2.94. The number of benzene rings is 1. The van der Waals surface area contributed by atoms with Gasteiger partial charge in [-0.3, -0.25) is 4.90 Å². The van der Waals surface area contributed by atoms with Crippen molar-refractivity contribution in [3.63, 3.8) is 0 Å². The maximum Gasteiger partial charge on any atom is 0.138 e. The number of hydrogen-bond acceptors (Lipinski definition) is 4. The zero-order valence-corrected chi connectivity index (χ0v) is 11.1. The van der Waals surface area contributed by atoms with Crippen LogP contribution in [-0.2, 0) is 11.3 Å². The Bertz CT molecular complexity index is 422. The van der Waals surface area contributed by atoms with Gasteiger partial charge in [0.05, 0.1) is 11.3 Å². The average molecular weight is 250 g/mol. The van der Waals surface area contributed by atoms with Gasteiger partial charge >= 0.3 is 0 Å². The van der Waals surface area contributed by atoms with E-state index >= 15 is 0 Å². The van der Waals surface area contributed by atoms with E-state index in [2.05, 4.69) is 11.8 Å². The van der Waals surface area contributed by atoms with Crippen LogP contribution in [0.1, 0.15) is 25.3 Å². The molecule has 0 radical (unpaired) electrons. The summed E-state index contributed by atoms with van der Waals surface area (Å²) in [6.45, 7) is 5.03. The Morgan fingerprint density at radius 3 is 2.94 bits per heavy atom. The molecule has 4 heteroatoms. The van der Waals surface area contributed by atoms with Crippen molar-refractivity contribution in [2.45, 2.75) is 31.9 Å². The van der Waals surface area contributed by atoms with Gasteiger partial charge in [-0.25, -0.2) is 0 Å². The van der Waals surface area contributed by atoms with E-state index < -0.39 is 0 Å². The van der Waals surface area contributed by atoms with E-state index in [9.17, 15) is 5.11 Å². The fraction of sp³-hybridized carbons (Fsp3) is 0.571. The standard InChI is InChI=1S/C14H22N2O2/c1-14(18-2)6-3-7-16(10-14)9-11-4-5-13(17)12(15)8-11/h4-5,8,17H,3,6-7,9-10,15H2,1-2H3. The summed E-state index contributed by atoms with van der Waals surface area (Å²) in [6, 6.07) is 5.42. The molecular formula is C14H22N2O2. The Morgan fingerprint density at radius 1 is 1.50 bits per heavy atom. The summed E-state index contributed by atoms with van der Waals surface area (Å²) in [5.74, 6) is 0.152. The second-order valence-corrected chi connectivity index (χ2v) is 5.36. The first-order valence-corrected chi connectivity index (χ1v) is 6.37. The highest BCUT2D eigenvalue weighted by molar-refractivity contribution is 5.53. The number of phenols is 1. The summed E-state index contributed by atoms with van der Waals surface area (Å²) in [6.07, 6.45) is 2.26. The number of nitrogens with zero attached hydrogens (tertiary/aromatic N) is 1. The van der Waals surface area contributed by atoms with Gasteiger partial charge in [0.15, 0.2) is 0 Å². The molecule has 0 aromatic heterocycles. The molecule has 1 heterocycles. The molecule has 1 aliphatic heterocycles. The van der Waals surface area contributed by atoms with Crippen molar-refractivity contribution >= 4 is 5.69 Å². The molecule has 100 valence electrons. The first-order valence-electron chi connectivity index (χ1n) is 6.37. The summed E-state index contributed by atoms with van der Waals surface area (Å²) in [5.41, 5.74) is 7.24. The third-order valence-corrected chi connectivity index (χ3v) is 3.73. The Hall–Kier alpha value is -1.26. The van der Waals surface area contributed by atoms with Crippen LogP contribution in [0.4, 0.5) is 5.69 Å². The number of nitrogens with two attached hydrogens (primary N) is 1. The Labute approximate surface area is 108 Å². The molecule has 0 aliphatic carbocycles. The van der Waals surface area contributed by atoms with Gasteiger partial charge in [0, 0.05) is 20.2 Å². The van der Waals surface area contributed by atoms with E-state index in [1.807, 2.05) is 12.1 Å². The van der Waals surface area contributed by atoms with Crippen LogP contribution in [0, 0.1) is 0 Å². The first kappa shape index (κ1) is 13.2. The number of ether oxygens (including phenoxy) is 1. The molecule has 1 saturated heterocycles. The molecule has 0 saturated carbocycles. The lowest BCUT2D eigenvalue weighted by molar-refractivity contribution is -0.0526. The number of piperidine rings is 1. The van der Waals surface area contributed by atoms with Crippen molar-refractivity contribution < 1.29 is 9.84 Å². The maximum absolute atomic E-state index is 9.41. The minimum absolute atomic E-state index is 0.0410. The highest BCUT2D eigenvalue weighted by Gasteiger charge is 2.30. The average Bonchev–Trinajstić information content (AvgIpc) is 2.34. The molecule has 2 rings (SSSR count). The van der Waals surface area contributed by atoms with E-state index in [0.29, 0.717) is 5.69 Å². The number of rotatable bonds is 3. The van der Waals surface area contributed by atoms with E-state index in [1.54, 1.807) is 13.2 Å². The number of hydrogen-bond donors (Lipinski definition) is 2. The van der Waals surface area contributed by atoms with Gasteiger partial charge in [0.2, 0.25) is 0 Å². The number of likely N-dealkylation sites (tertiary alicyclic amines) is 1. The lowest BCUT2D eigenvalue weighted by Gasteiger charge is -2.39. The summed E-state index contributed by atoms with van der Waals surface area (Å²) < 4.78 is 5.58. The predicted molar refractivity (Wildman–Crippen MR) is 72.4 cm³/mol. The Morgan fingerprint density at radius 2 is 2.28 bits per heavy atom. The van der Waals surface area contributed by atoms with Gasteiger partial charge in [-0.05, 0) is 44.0 Å².